The first kappa shape index (κ1) is 13.2. The van der Waals surface area contributed by atoms with Crippen LogP contribution < -0.4 is 5.32 Å². The molecule has 2 rings (SSSR count). The molecule has 1 N–H and O–H groups in total. The highest BCUT2D eigenvalue weighted by Crippen LogP contribution is 2.29. The summed E-state index contributed by atoms with van der Waals surface area (Å²) < 4.78 is 0. The van der Waals surface area contributed by atoms with E-state index in [0.29, 0.717) is 12.0 Å². The van der Waals surface area contributed by atoms with Crippen LogP contribution in [0.1, 0.15) is 43.2 Å². The van der Waals surface area contributed by atoms with E-state index < -0.39 is 0 Å². The summed E-state index contributed by atoms with van der Waals surface area (Å²) in [7, 11) is 1.97. The van der Waals surface area contributed by atoms with Gasteiger partial charge >= 0.3 is 0 Å². The molecule has 18 heavy (non-hydrogen) atoms. The standard InChI is InChI=1S/C15H20N2S/c1-10(2)12-5-7-13(8-6-12)15-17-9-14(18-15)11(3)16-4/h5-11,16H,1-4H3. The van der Waals surface area contributed by atoms with E-state index >= 15 is 0 Å². The largest absolute Gasteiger partial charge is 0.312 e. The van der Waals surface area contributed by atoms with Gasteiger partial charge in [-0.3, -0.25) is 0 Å². The Morgan fingerprint density at radius 3 is 2.33 bits per heavy atom. The van der Waals surface area contributed by atoms with Crippen LogP contribution in [-0.4, -0.2) is 12.0 Å². The first-order valence-electron chi connectivity index (χ1n) is 6.35. The van der Waals surface area contributed by atoms with E-state index in [1.165, 1.54) is 16.0 Å². The maximum Gasteiger partial charge on any atom is 0.123 e. The molecule has 2 nitrogen and oxygen atoms in total. The van der Waals surface area contributed by atoms with Crippen molar-refractivity contribution >= 4 is 11.3 Å². The average molecular weight is 260 g/mol. The van der Waals surface area contributed by atoms with E-state index in [1.54, 1.807) is 11.3 Å². The molecule has 0 saturated carbocycles. The number of rotatable bonds is 4. The van der Waals surface area contributed by atoms with Crippen LogP contribution in [0.25, 0.3) is 10.6 Å². The average Bonchev–Trinajstić information content (AvgIpc) is 2.87. The normalized spacial score (nSPS) is 12.9. The molecule has 0 bridgehead atoms. The minimum atomic E-state index is 0.367. The van der Waals surface area contributed by atoms with Gasteiger partial charge in [0.15, 0.2) is 0 Å². The zero-order valence-corrected chi connectivity index (χ0v) is 12.2. The van der Waals surface area contributed by atoms with Gasteiger partial charge in [0.1, 0.15) is 5.01 Å². The number of nitrogens with one attached hydrogen (secondary N) is 1. The second-order valence-electron chi connectivity index (χ2n) is 4.85. The number of aromatic nitrogens is 1. The van der Waals surface area contributed by atoms with Crippen LogP contribution >= 0.6 is 11.3 Å². The Morgan fingerprint density at radius 1 is 1.11 bits per heavy atom. The van der Waals surface area contributed by atoms with E-state index in [4.69, 9.17) is 0 Å². The lowest BCUT2D eigenvalue weighted by molar-refractivity contribution is 0.662. The molecule has 1 aromatic heterocycles. The lowest BCUT2D eigenvalue weighted by Gasteiger charge is -2.06. The van der Waals surface area contributed by atoms with Crippen molar-refractivity contribution in [2.24, 2.45) is 0 Å². The van der Waals surface area contributed by atoms with Crippen LogP contribution in [0.15, 0.2) is 30.5 Å². The number of thiazole rings is 1. The fraction of sp³-hybridized carbons (Fsp3) is 0.400. The molecular formula is C15H20N2S. The van der Waals surface area contributed by atoms with Gasteiger partial charge in [-0.2, -0.15) is 0 Å². The highest BCUT2D eigenvalue weighted by Gasteiger charge is 2.09. The summed E-state index contributed by atoms with van der Waals surface area (Å²) >= 11 is 1.76. The zero-order valence-electron chi connectivity index (χ0n) is 11.4. The molecule has 1 heterocycles. The van der Waals surface area contributed by atoms with Crippen LogP contribution in [0.4, 0.5) is 0 Å². The van der Waals surface area contributed by atoms with Crippen molar-refractivity contribution in [2.75, 3.05) is 7.05 Å². The lowest BCUT2D eigenvalue weighted by Crippen LogP contribution is -2.10. The van der Waals surface area contributed by atoms with Gasteiger partial charge in [-0.15, -0.1) is 11.3 Å². The first-order chi connectivity index (χ1) is 8.61. The van der Waals surface area contributed by atoms with Crippen molar-refractivity contribution in [3.8, 4) is 10.6 Å². The Morgan fingerprint density at radius 2 is 1.78 bits per heavy atom. The zero-order chi connectivity index (χ0) is 13.1. The Kier molecular flexibility index (Phi) is 4.15. The predicted octanol–water partition coefficient (Wildman–Crippen LogP) is 4.21. The number of benzene rings is 1. The molecule has 0 spiro atoms. The summed E-state index contributed by atoms with van der Waals surface area (Å²) in [4.78, 5) is 5.79. The number of hydrogen-bond acceptors (Lipinski definition) is 3. The number of hydrogen-bond donors (Lipinski definition) is 1. The highest BCUT2D eigenvalue weighted by atomic mass is 32.1. The summed E-state index contributed by atoms with van der Waals surface area (Å²) in [6.07, 6.45) is 1.97. The molecule has 1 aromatic carbocycles. The summed E-state index contributed by atoms with van der Waals surface area (Å²) in [5.41, 5.74) is 2.58. The third-order valence-electron chi connectivity index (χ3n) is 3.21. The molecule has 1 unspecified atom stereocenters. The molecule has 0 saturated heterocycles. The molecule has 0 aliphatic rings. The molecule has 0 aliphatic heterocycles. The topological polar surface area (TPSA) is 24.9 Å². The van der Waals surface area contributed by atoms with Crippen LogP contribution in [0.5, 0.6) is 0 Å². The van der Waals surface area contributed by atoms with Crippen molar-refractivity contribution in [1.82, 2.24) is 10.3 Å². The fourth-order valence-corrected chi connectivity index (χ4v) is 2.76. The minimum absolute atomic E-state index is 0.367. The van der Waals surface area contributed by atoms with Gasteiger partial charge < -0.3 is 5.32 Å². The van der Waals surface area contributed by atoms with E-state index in [2.05, 4.69) is 55.3 Å². The third-order valence-corrected chi connectivity index (χ3v) is 4.44. The van der Waals surface area contributed by atoms with Crippen molar-refractivity contribution in [1.29, 1.82) is 0 Å². The quantitative estimate of drug-likeness (QED) is 0.890. The molecular weight excluding hydrogens is 240 g/mol. The molecule has 0 aliphatic carbocycles. The lowest BCUT2D eigenvalue weighted by atomic mass is 10.0. The van der Waals surface area contributed by atoms with Gasteiger partial charge in [-0.1, -0.05) is 38.1 Å². The molecule has 96 valence electrons. The minimum Gasteiger partial charge on any atom is -0.312 e. The monoisotopic (exact) mass is 260 g/mol. The molecule has 1 atom stereocenters. The fourth-order valence-electron chi connectivity index (χ4n) is 1.77. The summed E-state index contributed by atoms with van der Waals surface area (Å²) in [5.74, 6) is 0.579. The molecule has 3 heteroatoms. The molecule has 0 amide bonds. The van der Waals surface area contributed by atoms with Crippen LogP contribution in [-0.2, 0) is 0 Å². The summed E-state index contributed by atoms with van der Waals surface area (Å²) in [6, 6.07) is 9.10. The van der Waals surface area contributed by atoms with Crippen molar-refractivity contribution < 1.29 is 0 Å². The molecule has 2 aromatic rings. The van der Waals surface area contributed by atoms with Crippen LogP contribution in [0.2, 0.25) is 0 Å². The SMILES string of the molecule is CNC(C)c1cnc(-c2ccc(C(C)C)cc2)s1. The maximum absolute atomic E-state index is 4.51. The maximum atomic E-state index is 4.51. The van der Waals surface area contributed by atoms with E-state index in [-0.39, 0.29) is 0 Å². The van der Waals surface area contributed by atoms with Gasteiger partial charge in [0, 0.05) is 22.7 Å². The van der Waals surface area contributed by atoms with Gasteiger partial charge in [-0.05, 0) is 25.5 Å². The van der Waals surface area contributed by atoms with Gasteiger partial charge in [0.25, 0.3) is 0 Å². The van der Waals surface area contributed by atoms with E-state index in [1.807, 2.05) is 13.2 Å². The Bertz CT molecular complexity index is 499. The summed E-state index contributed by atoms with van der Waals surface area (Å²) in [5, 5.41) is 4.34. The Balaban J connectivity index is 2.23. The molecule has 0 radical (unpaired) electrons. The number of nitrogens with zero attached hydrogens (tertiary/aromatic N) is 1. The third kappa shape index (κ3) is 2.79. The highest BCUT2D eigenvalue weighted by molar-refractivity contribution is 7.15. The van der Waals surface area contributed by atoms with E-state index in [9.17, 15) is 0 Å². The Hall–Kier alpha value is -1.19. The second kappa shape index (κ2) is 5.63. The second-order valence-corrected chi connectivity index (χ2v) is 5.92. The van der Waals surface area contributed by atoms with Gasteiger partial charge in [-0.25, -0.2) is 4.98 Å². The van der Waals surface area contributed by atoms with Crippen LogP contribution in [0, 0.1) is 0 Å². The van der Waals surface area contributed by atoms with Crippen molar-refractivity contribution in [3.05, 3.63) is 40.9 Å². The van der Waals surface area contributed by atoms with Crippen molar-refractivity contribution in [3.63, 3.8) is 0 Å². The van der Waals surface area contributed by atoms with Crippen molar-refractivity contribution in [2.45, 2.75) is 32.7 Å². The van der Waals surface area contributed by atoms with Gasteiger partial charge in [0.2, 0.25) is 0 Å². The molecule has 0 fully saturated rings. The van der Waals surface area contributed by atoms with Gasteiger partial charge in [0.05, 0.1) is 0 Å². The summed E-state index contributed by atoms with van der Waals surface area (Å²) in [6.45, 7) is 6.58. The van der Waals surface area contributed by atoms with Crippen LogP contribution in [0.3, 0.4) is 0 Å². The predicted molar refractivity (Wildman–Crippen MR) is 79.1 cm³/mol. The Labute approximate surface area is 113 Å². The smallest absolute Gasteiger partial charge is 0.123 e. The van der Waals surface area contributed by atoms with E-state index in [0.717, 1.165) is 5.01 Å². The first-order valence-corrected chi connectivity index (χ1v) is 7.16.